The maximum absolute atomic E-state index is 12.4. The van der Waals surface area contributed by atoms with E-state index in [4.69, 9.17) is 0 Å². The summed E-state index contributed by atoms with van der Waals surface area (Å²) in [5.74, 6) is 0.914. The first-order valence-electron chi connectivity index (χ1n) is 7.91. The Hall–Kier alpha value is -2.35. The van der Waals surface area contributed by atoms with E-state index in [2.05, 4.69) is 32.2 Å². The molecule has 2 aromatic rings. The van der Waals surface area contributed by atoms with Crippen LogP contribution in [0.1, 0.15) is 24.4 Å². The molecule has 0 aliphatic carbocycles. The molecule has 0 saturated carbocycles. The third-order valence-corrected chi connectivity index (χ3v) is 4.22. The highest BCUT2D eigenvalue weighted by Gasteiger charge is 2.31. The lowest BCUT2D eigenvalue weighted by atomic mass is 10.1. The lowest BCUT2D eigenvalue weighted by Crippen LogP contribution is -2.53. The maximum atomic E-state index is 12.4. The SMILES string of the molecule is CCN1CCN(C(=O)NCc2cnn(C)c2)CC1c1ncc[nH]1. The molecule has 1 aliphatic heterocycles. The van der Waals surface area contributed by atoms with Gasteiger partial charge in [0.1, 0.15) is 5.82 Å². The number of hydrogen-bond acceptors (Lipinski definition) is 4. The first kappa shape index (κ1) is 15.5. The number of aromatic amines is 1. The topological polar surface area (TPSA) is 82.1 Å². The van der Waals surface area contributed by atoms with Crippen LogP contribution in [0.2, 0.25) is 0 Å². The van der Waals surface area contributed by atoms with E-state index in [1.54, 1.807) is 17.1 Å². The number of aromatic nitrogens is 4. The molecule has 0 aromatic carbocycles. The van der Waals surface area contributed by atoms with Crippen LogP contribution in [0.15, 0.2) is 24.8 Å². The molecule has 23 heavy (non-hydrogen) atoms. The smallest absolute Gasteiger partial charge is 0.317 e. The van der Waals surface area contributed by atoms with Gasteiger partial charge in [-0.2, -0.15) is 5.10 Å². The van der Waals surface area contributed by atoms with Gasteiger partial charge < -0.3 is 15.2 Å². The summed E-state index contributed by atoms with van der Waals surface area (Å²) in [5.41, 5.74) is 0.996. The molecule has 1 atom stereocenters. The fourth-order valence-corrected chi connectivity index (χ4v) is 2.96. The number of likely N-dealkylation sites (N-methyl/N-ethyl adjacent to an activating group) is 1. The van der Waals surface area contributed by atoms with Gasteiger partial charge in [-0.25, -0.2) is 9.78 Å². The normalized spacial score (nSPS) is 19.0. The van der Waals surface area contributed by atoms with Crippen LogP contribution in [-0.4, -0.2) is 61.8 Å². The molecule has 2 aromatic heterocycles. The minimum atomic E-state index is -0.0406. The summed E-state index contributed by atoms with van der Waals surface area (Å²) in [6, 6.07) is 0.0778. The van der Waals surface area contributed by atoms with Gasteiger partial charge in [0, 0.05) is 57.4 Å². The van der Waals surface area contributed by atoms with E-state index >= 15 is 0 Å². The summed E-state index contributed by atoms with van der Waals surface area (Å²) < 4.78 is 1.73. The van der Waals surface area contributed by atoms with Crippen molar-refractivity contribution in [2.75, 3.05) is 26.2 Å². The molecule has 8 heteroatoms. The van der Waals surface area contributed by atoms with Crippen molar-refractivity contribution >= 4 is 6.03 Å². The van der Waals surface area contributed by atoms with Gasteiger partial charge in [0.05, 0.1) is 12.2 Å². The molecule has 3 heterocycles. The molecule has 1 unspecified atom stereocenters. The number of carbonyl (C=O) groups excluding carboxylic acids is 1. The average Bonchev–Trinajstić information content (AvgIpc) is 3.23. The van der Waals surface area contributed by atoms with Crippen LogP contribution >= 0.6 is 0 Å². The quantitative estimate of drug-likeness (QED) is 0.871. The van der Waals surface area contributed by atoms with E-state index in [1.807, 2.05) is 24.3 Å². The Kier molecular flexibility index (Phi) is 4.61. The van der Waals surface area contributed by atoms with E-state index in [0.717, 1.165) is 31.0 Å². The van der Waals surface area contributed by atoms with Crippen molar-refractivity contribution in [2.45, 2.75) is 19.5 Å². The maximum Gasteiger partial charge on any atom is 0.317 e. The summed E-state index contributed by atoms with van der Waals surface area (Å²) in [6.45, 7) is 5.78. The molecule has 2 N–H and O–H groups in total. The lowest BCUT2D eigenvalue weighted by molar-refractivity contribution is 0.0896. The van der Waals surface area contributed by atoms with Crippen molar-refractivity contribution in [3.8, 4) is 0 Å². The van der Waals surface area contributed by atoms with Crippen molar-refractivity contribution in [2.24, 2.45) is 7.05 Å². The van der Waals surface area contributed by atoms with Crippen LogP contribution in [0.4, 0.5) is 4.79 Å². The second-order valence-corrected chi connectivity index (χ2v) is 5.75. The molecule has 1 saturated heterocycles. The number of nitrogens with zero attached hydrogens (tertiary/aromatic N) is 5. The number of aryl methyl sites for hydroxylation is 1. The molecule has 0 bridgehead atoms. The van der Waals surface area contributed by atoms with Crippen molar-refractivity contribution < 1.29 is 4.79 Å². The number of nitrogens with one attached hydrogen (secondary N) is 2. The van der Waals surface area contributed by atoms with Gasteiger partial charge >= 0.3 is 6.03 Å². The van der Waals surface area contributed by atoms with E-state index in [1.165, 1.54) is 0 Å². The van der Waals surface area contributed by atoms with Gasteiger partial charge in [0.15, 0.2) is 0 Å². The van der Waals surface area contributed by atoms with E-state index in [-0.39, 0.29) is 12.1 Å². The zero-order chi connectivity index (χ0) is 16.2. The monoisotopic (exact) mass is 317 g/mol. The highest BCUT2D eigenvalue weighted by Crippen LogP contribution is 2.22. The summed E-state index contributed by atoms with van der Waals surface area (Å²) >= 11 is 0. The van der Waals surface area contributed by atoms with E-state index < -0.39 is 0 Å². The number of carbonyl (C=O) groups is 1. The van der Waals surface area contributed by atoms with Crippen molar-refractivity contribution in [1.29, 1.82) is 0 Å². The predicted octanol–water partition coefficient (Wildman–Crippen LogP) is 0.732. The second kappa shape index (κ2) is 6.82. The molecule has 0 radical (unpaired) electrons. The van der Waals surface area contributed by atoms with Gasteiger partial charge in [0.25, 0.3) is 0 Å². The van der Waals surface area contributed by atoms with Crippen molar-refractivity contribution in [1.82, 2.24) is 34.9 Å². The molecular weight excluding hydrogens is 294 g/mol. The van der Waals surface area contributed by atoms with Gasteiger partial charge in [-0.15, -0.1) is 0 Å². The summed E-state index contributed by atoms with van der Waals surface area (Å²) in [5, 5.41) is 7.07. The largest absolute Gasteiger partial charge is 0.347 e. The van der Waals surface area contributed by atoms with Crippen LogP contribution in [0.5, 0.6) is 0 Å². The van der Waals surface area contributed by atoms with Crippen LogP contribution in [0.3, 0.4) is 0 Å². The van der Waals surface area contributed by atoms with Gasteiger partial charge in [-0.3, -0.25) is 9.58 Å². The number of amides is 2. The van der Waals surface area contributed by atoms with Crippen molar-refractivity contribution in [3.05, 3.63) is 36.2 Å². The zero-order valence-corrected chi connectivity index (χ0v) is 13.6. The second-order valence-electron chi connectivity index (χ2n) is 5.75. The molecule has 8 nitrogen and oxygen atoms in total. The number of piperazine rings is 1. The minimum absolute atomic E-state index is 0.0406. The summed E-state index contributed by atoms with van der Waals surface area (Å²) in [4.78, 5) is 24.2. The van der Waals surface area contributed by atoms with Gasteiger partial charge in [0.2, 0.25) is 0 Å². The standard InChI is InChI=1S/C15H23N7O/c1-3-21-6-7-22(11-13(21)14-16-4-5-17-14)15(23)18-8-12-9-19-20(2)10-12/h4-5,9-10,13H,3,6-8,11H2,1-2H3,(H,16,17)(H,18,23). The average molecular weight is 317 g/mol. The van der Waals surface area contributed by atoms with E-state index in [0.29, 0.717) is 13.1 Å². The highest BCUT2D eigenvalue weighted by molar-refractivity contribution is 5.74. The van der Waals surface area contributed by atoms with Crippen LogP contribution < -0.4 is 5.32 Å². The summed E-state index contributed by atoms with van der Waals surface area (Å²) in [7, 11) is 1.86. The number of urea groups is 1. The fraction of sp³-hybridized carbons (Fsp3) is 0.533. The molecule has 3 rings (SSSR count). The third kappa shape index (κ3) is 3.53. The first-order valence-corrected chi connectivity index (χ1v) is 7.91. The van der Waals surface area contributed by atoms with Crippen LogP contribution in [-0.2, 0) is 13.6 Å². The zero-order valence-electron chi connectivity index (χ0n) is 13.6. The number of imidazole rings is 1. The van der Waals surface area contributed by atoms with Gasteiger partial charge in [-0.1, -0.05) is 6.92 Å². The molecule has 0 spiro atoms. The number of rotatable bonds is 4. The Morgan fingerprint density at radius 2 is 2.35 bits per heavy atom. The number of hydrogen-bond donors (Lipinski definition) is 2. The third-order valence-electron chi connectivity index (χ3n) is 4.22. The molecule has 1 aliphatic rings. The molecule has 2 amide bonds. The van der Waals surface area contributed by atoms with E-state index in [9.17, 15) is 4.79 Å². The lowest BCUT2D eigenvalue weighted by Gasteiger charge is -2.39. The Balaban J connectivity index is 1.60. The number of H-pyrrole nitrogens is 1. The Morgan fingerprint density at radius 3 is 3.00 bits per heavy atom. The first-order chi connectivity index (χ1) is 11.2. The predicted molar refractivity (Wildman–Crippen MR) is 85.6 cm³/mol. The highest BCUT2D eigenvalue weighted by atomic mass is 16.2. The summed E-state index contributed by atoms with van der Waals surface area (Å²) in [6.07, 6.45) is 7.25. The Morgan fingerprint density at radius 1 is 1.48 bits per heavy atom. The molecule has 124 valence electrons. The van der Waals surface area contributed by atoms with Crippen LogP contribution in [0.25, 0.3) is 0 Å². The Bertz CT molecular complexity index is 636. The molecular formula is C15H23N7O. The minimum Gasteiger partial charge on any atom is -0.347 e. The Labute approximate surface area is 135 Å². The van der Waals surface area contributed by atoms with Gasteiger partial charge in [-0.05, 0) is 6.54 Å². The fourth-order valence-electron chi connectivity index (χ4n) is 2.96. The van der Waals surface area contributed by atoms with Crippen molar-refractivity contribution in [3.63, 3.8) is 0 Å². The molecule has 1 fully saturated rings. The van der Waals surface area contributed by atoms with Crippen LogP contribution in [0, 0.1) is 0 Å².